The lowest BCUT2D eigenvalue weighted by Crippen LogP contribution is -2.48. The number of piperazine rings is 1. The Morgan fingerprint density at radius 1 is 1.19 bits per heavy atom. The molecule has 1 atom stereocenters. The number of ether oxygens (including phenoxy) is 1. The van der Waals surface area contributed by atoms with Crippen molar-refractivity contribution in [2.24, 2.45) is 0 Å². The van der Waals surface area contributed by atoms with Crippen LogP contribution in [0.5, 0.6) is 5.75 Å². The first-order chi connectivity index (χ1) is 12.3. The van der Waals surface area contributed by atoms with Crippen LogP contribution in [0.15, 0.2) is 59.0 Å². The SMILES string of the molecule is COc1ccccc1C1CNCCN1C(=O)c1cc2ccccc2o1.Cl. The smallest absolute Gasteiger partial charge is 0.290 e. The van der Waals surface area contributed by atoms with Gasteiger partial charge in [-0.05, 0) is 18.2 Å². The topological polar surface area (TPSA) is 54.7 Å². The first-order valence-corrected chi connectivity index (χ1v) is 8.41. The zero-order valence-electron chi connectivity index (χ0n) is 14.5. The fourth-order valence-electron chi connectivity index (χ4n) is 3.40. The molecule has 26 heavy (non-hydrogen) atoms. The van der Waals surface area contributed by atoms with Crippen LogP contribution < -0.4 is 10.1 Å². The van der Waals surface area contributed by atoms with E-state index in [9.17, 15) is 4.79 Å². The predicted molar refractivity (Wildman–Crippen MR) is 103 cm³/mol. The summed E-state index contributed by atoms with van der Waals surface area (Å²) < 4.78 is 11.3. The first-order valence-electron chi connectivity index (χ1n) is 8.41. The number of hydrogen-bond acceptors (Lipinski definition) is 4. The van der Waals surface area contributed by atoms with Crippen LogP contribution in [-0.4, -0.2) is 37.6 Å². The molecule has 0 saturated carbocycles. The van der Waals surface area contributed by atoms with E-state index >= 15 is 0 Å². The Balaban J connectivity index is 0.00000196. The molecule has 0 spiro atoms. The second-order valence-corrected chi connectivity index (χ2v) is 6.11. The average molecular weight is 373 g/mol. The van der Waals surface area contributed by atoms with E-state index in [-0.39, 0.29) is 24.4 Å². The van der Waals surface area contributed by atoms with Gasteiger partial charge >= 0.3 is 0 Å². The maximum absolute atomic E-state index is 13.1. The third-order valence-corrected chi connectivity index (χ3v) is 4.64. The molecule has 3 aromatic rings. The Bertz CT molecular complexity index is 876. The second kappa shape index (κ2) is 7.81. The zero-order valence-corrected chi connectivity index (χ0v) is 15.3. The van der Waals surface area contributed by atoms with Crippen molar-refractivity contribution in [1.82, 2.24) is 10.2 Å². The number of nitrogens with zero attached hydrogens (tertiary/aromatic N) is 1. The molecule has 136 valence electrons. The number of halogens is 1. The van der Waals surface area contributed by atoms with Gasteiger partial charge in [0.1, 0.15) is 11.3 Å². The van der Waals surface area contributed by atoms with E-state index < -0.39 is 0 Å². The quantitative estimate of drug-likeness (QED) is 0.762. The van der Waals surface area contributed by atoms with Crippen molar-refractivity contribution in [3.05, 3.63) is 65.9 Å². The number of fused-ring (bicyclic) bond motifs is 1. The van der Waals surface area contributed by atoms with Gasteiger partial charge in [-0.3, -0.25) is 4.79 Å². The van der Waals surface area contributed by atoms with Gasteiger partial charge in [-0.15, -0.1) is 12.4 Å². The normalized spacial score (nSPS) is 17.0. The summed E-state index contributed by atoms with van der Waals surface area (Å²) >= 11 is 0. The first kappa shape index (κ1) is 18.3. The van der Waals surface area contributed by atoms with Gasteiger partial charge < -0.3 is 19.4 Å². The summed E-state index contributed by atoms with van der Waals surface area (Å²) in [6, 6.07) is 17.2. The Hall–Kier alpha value is -2.50. The number of carbonyl (C=O) groups is 1. The van der Waals surface area contributed by atoms with Gasteiger partial charge in [-0.1, -0.05) is 36.4 Å². The molecule has 4 rings (SSSR count). The number of methoxy groups -OCH3 is 1. The number of amides is 1. The maximum atomic E-state index is 13.1. The molecule has 2 heterocycles. The minimum atomic E-state index is -0.0920. The van der Waals surface area contributed by atoms with Crippen molar-refractivity contribution < 1.29 is 13.9 Å². The second-order valence-electron chi connectivity index (χ2n) is 6.11. The van der Waals surface area contributed by atoms with Crippen molar-refractivity contribution >= 4 is 29.3 Å². The molecule has 1 amide bonds. The lowest BCUT2D eigenvalue weighted by atomic mass is 10.0. The summed E-state index contributed by atoms with van der Waals surface area (Å²) in [5, 5.41) is 4.31. The van der Waals surface area contributed by atoms with Gasteiger partial charge in [0, 0.05) is 30.6 Å². The van der Waals surface area contributed by atoms with Crippen molar-refractivity contribution in [2.45, 2.75) is 6.04 Å². The molecular formula is C20H21ClN2O3. The third kappa shape index (κ3) is 3.28. The Kier molecular flexibility index (Phi) is 5.49. The molecule has 0 bridgehead atoms. The molecule has 1 aromatic heterocycles. The van der Waals surface area contributed by atoms with E-state index in [2.05, 4.69) is 5.32 Å². The monoisotopic (exact) mass is 372 g/mol. The molecular weight excluding hydrogens is 352 g/mol. The van der Waals surface area contributed by atoms with Crippen molar-refractivity contribution in [3.8, 4) is 5.75 Å². The summed E-state index contributed by atoms with van der Waals surface area (Å²) in [4.78, 5) is 15.0. The van der Waals surface area contributed by atoms with E-state index in [0.717, 1.165) is 28.8 Å². The van der Waals surface area contributed by atoms with Crippen LogP contribution in [0.4, 0.5) is 0 Å². The average Bonchev–Trinajstić information content (AvgIpc) is 3.11. The van der Waals surface area contributed by atoms with Crippen molar-refractivity contribution in [2.75, 3.05) is 26.7 Å². The Morgan fingerprint density at radius 2 is 1.96 bits per heavy atom. The molecule has 1 aliphatic rings. The molecule has 1 fully saturated rings. The molecule has 6 heteroatoms. The van der Waals surface area contributed by atoms with Crippen molar-refractivity contribution in [1.29, 1.82) is 0 Å². The van der Waals surface area contributed by atoms with Gasteiger partial charge in [0.15, 0.2) is 5.76 Å². The summed E-state index contributed by atoms with van der Waals surface area (Å²) in [6.45, 7) is 2.07. The molecule has 0 radical (unpaired) electrons. The van der Waals surface area contributed by atoms with Gasteiger partial charge in [0.05, 0.1) is 13.2 Å². The van der Waals surface area contributed by atoms with E-state index in [1.54, 1.807) is 7.11 Å². The van der Waals surface area contributed by atoms with Crippen LogP contribution in [0.3, 0.4) is 0 Å². The molecule has 0 aliphatic carbocycles. The molecule has 2 aromatic carbocycles. The Morgan fingerprint density at radius 3 is 2.77 bits per heavy atom. The zero-order chi connectivity index (χ0) is 17.2. The lowest BCUT2D eigenvalue weighted by molar-refractivity contribution is 0.0601. The highest BCUT2D eigenvalue weighted by Gasteiger charge is 2.31. The molecule has 1 N–H and O–H groups in total. The number of rotatable bonds is 3. The van der Waals surface area contributed by atoms with Crippen LogP contribution in [0, 0.1) is 0 Å². The van der Waals surface area contributed by atoms with Gasteiger partial charge in [-0.2, -0.15) is 0 Å². The summed E-state index contributed by atoms with van der Waals surface area (Å²) in [6.07, 6.45) is 0. The maximum Gasteiger partial charge on any atom is 0.290 e. The molecule has 1 unspecified atom stereocenters. The number of para-hydroxylation sites is 2. The largest absolute Gasteiger partial charge is 0.496 e. The number of carbonyl (C=O) groups excluding carboxylic acids is 1. The predicted octanol–water partition coefficient (Wildman–Crippen LogP) is 3.65. The highest BCUT2D eigenvalue weighted by Crippen LogP contribution is 2.32. The summed E-state index contributed by atoms with van der Waals surface area (Å²) in [7, 11) is 1.65. The highest BCUT2D eigenvalue weighted by molar-refractivity contribution is 5.96. The minimum absolute atomic E-state index is 0. The fourth-order valence-corrected chi connectivity index (χ4v) is 3.40. The standard InChI is InChI=1S/C20H20N2O3.ClH/c1-24-18-9-5-3-7-15(18)16-13-21-10-11-22(16)20(23)19-12-14-6-2-4-8-17(14)25-19;/h2-9,12,16,21H,10-11,13H2,1H3;1H. The van der Waals surface area contributed by atoms with Crippen LogP contribution in [0.1, 0.15) is 22.2 Å². The van der Waals surface area contributed by atoms with Crippen LogP contribution >= 0.6 is 12.4 Å². The van der Waals surface area contributed by atoms with Crippen LogP contribution in [-0.2, 0) is 0 Å². The third-order valence-electron chi connectivity index (χ3n) is 4.64. The number of nitrogens with one attached hydrogen (secondary N) is 1. The van der Waals surface area contributed by atoms with Crippen LogP contribution in [0.25, 0.3) is 11.0 Å². The van der Waals surface area contributed by atoms with E-state index in [1.807, 2.05) is 59.5 Å². The fraction of sp³-hybridized carbons (Fsp3) is 0.250. The number of benzene rings is 2. The minimum Gasteiger partial charge on any atom is -0.496 e. The van der Waals surface area contributed by atoms with Gasteiger partial charge in [-0.25, -0.2) is 0 Å². The highest BCUT2D eigenvalue weighted by atomic mass is 35.5. The number of furan rings is 1. The molecule has 1 aliphatic heterocycles. The summed E-state index contributed by atoms with van der Waals surface area (Å²) in [5.74, 6) is 1.08. The number of hydrogen-bond donors (Lipinski definition) is 1. The van der Waals surface area contributed by atoms with Crippen molar-refractivity contribution in [3.63, 3.8) is 0 Å². The van der Waals surface area contributed by atoms with Gasteiger partial charge in [0.25, 0.3) is 5.91 Å². The lowest BCUT2D eigenvalue weighted by Gasteiger charge is -2.36. The summed E-state index contributed by atoms with van der Waals surface area (Å²) in [5.41, 5.74) is 1.73. The van der Waals surface area contributed by atoms with E-state index in [0.29, 0.717) is 18.8 Å². The molecule has 5 nitrogen and oxygen atoms in total. The van der Waals surface area contributed by atoms with E-state index in [4.69, 9.17) is 9.15 Å². The van der Waals surface area contributed by atoms with Crippen LogP contribution in [0.2, 0.25) is 0 Å². The van der Waals surface area contributed by atoms with Gasteiger partial charge in [0.2, 0.25) is 0 Å². The molecule has 1 saturated heterocycles. The van der Waals surface area contributed by atoms with E-state index in [1.165, 1.54) is 0 Å². The Labute approximate surface area is 158 Å².